The number of amides is 3. The number of carbonyl (C=O) groups is 4. The Morgan fingerprint density at radius 3 is 2.26 bits per heavy atom. The molecule has 4 heterocycles. The number of ether oxygens (including phenoxy) is 1. The summed E-state index contributed by atoms with van der Waals surface area (Å²) in [5.41, 5.74) is 1.78. The summed E-state index contributed by atoms with van der Waals surface area (Å²) in [5.74, 6) is -2.03. The summed E-state index contributed by atoms with van der Waals surface area (Å²) in [6.45, 7) is 11.5. The van der Waals surface area contributed by atoms with E-state index < -0.39 is 41.4 Å². The quantitative estimate of drug-likeness (QED) is 0.364. The van der Waals surface area contributed by atoms with Crippen molar-refractivity contribution in [3.63, 3.8) is 0 Å². The van der Waals surface area contributed by atoms with Crippen LogP contribution in [0, 0.1) is 11.7 Å². The van der Waals surface area contributed by atoms with Crippen molar-refractivity contribution in [2.75, 3.05) is 55.6 Å². The van der Waals surface area contributed by atoms with E-state index in [2.05, 4.69) is 15.1 Å². The lowest BCUT2D eigenvalue weighted by Crippen LogP contribution is -2.53. The first kappa shape index (κ1) is 31.9. The number of imide groups is 1. The lowest BCUT2D eigenvalue weighted by Gasteiger charge is -2.40. The van der Waals surface area contributed by atoms with Crippen molar-refractivity contribution in [2.45, 2.75) is 64.3 Å². The minimum atomic E-state index is -1.38. The second-order valence-electron chi connectivity index (χ2n) is 13.7. The van der Waals surface area contributed by atoms with Crippen molar-refractivity contribution < 1.29 is 33.4 Å². The second kappa shape index (κ2) is 12.6. The summed E-state index contributed by atoms with van der Waals surface area (Å²) in [6, 6.07) is 9.31. The molecule has 4 aliphatic rings. The highest BCUT2D eigenvalue weighted by Gasteiger charge is 2.45. The number of esters is 1. The van der Waals surface area contributed by atoms with Gasteiger partial charge in [0.1, 0.15) is 17.5 Å². The Labute approximate surface area is 268 Å². The van der Waals surface area contributed by atoms with Crippen LogP contribution in [0.1, 0.15) is 79.0 Å². The van der Waals surface area contributed by atoms with Crippen LogP contribution in [0.25, 0.3) is 0 Å². The van der Waals surface area contributed by atoms with Crippen LogP contribution in [0.4, 0.5) is 15.8 Å². The van der Waals surface area contributed by atoms with Gasteiger partial charge in [0.05, 0.1) is 16.8 Å². The van der Waals surface area contributed by atoms with E-state index >= 15 is 4.39 Å². The number of fused-ring (bicyclic) bond motifs is 1. The fraction of sp³-hybridized carbons (Fsp3) is 0.529. The highest BCUT2D eigenvalue weighted by Crippen LogP contribution is 2.39. The zero-order chi connectivity index (χ0) is 32.7. The van der Waals surface area contributed by atoms with Gasteiger partial charge in [0.25, 0.3) is 5.91 Å². The molecule has 0 radical (unpaired) electrons. The molecule has 0 aromatic heterocycles. The molecule has 3 amide bonds. The van der Waals surface area contributed by atoms with Gasteiger partial charge in [-0.15, -0.1) is 0 Å². The SMILES string of the molecule is CC(C)(C)OC(=O)c1ccc(N2CCN(CC3CCN(c4cc5c(cc4F)C(=O)N(C4CCC(=O)NC4=O)C5O)CC3)CC2)cc1. The molecular formula is C34H42FN5O6. The fourth-order valence-electron chi connectivity index (χ4n) is 6.93. The van der Waals surface area contributed by atoms with Gasteiger partial charge in [0.15, 0.2) is 6.23 Å². The maximum absolute atomic E-state index is 15.3. The standard InChI is InChI=1S/C34H42FN5O6/c1-34(2,3)46-33(45)22-4-6-23(7-5-22)38-16-14-37(15-17-38)20-21-10-12-39(13-11-21)28-19-25-24(18-26(28)35)31(43)40(32(25)44)27-8-9-29(41)36-30(27)42/h4-7,18-19,21,27,32,44H,8-17,20H2,1-3H3,(H,36,41,42). The van der Waals surface area contributed by atoms with Crippen LogP contribution >= 0.6 is 0 Å². The molecule has 2 aromatic rings. The monoisotopic (exact) mass is 635 g/mol. The molecule has 4 aliphatic heterocycles. The summed E-state index contributed by atoms with van der Waals surface area (Å²) < 4.78 is 20.8. The first-order valence-electron chi connectivity index (χ1n) is 16.1. The summed E-state index contributed by atoms with van der Waals surface area (Å²) >= 11 is 0. The van der Waals surface area contributed by atoms with Gasteiger partial charge in [-0.05, 0) is 82.3 Å². The molecule has 0 aliphatic carbocycles. The zero-order valence-corrected chi connectivity index (χ0v) is 26.6. The normalized spacial score (nSPS) is 23.1. The van der Waals surface area contributed by atoms with Crippen LogP contribution in [0.5, 0.6) is 0 Å². The third-order valence-corrected chi connectivity index (χ3v) is 9.38. The van der Waals surface area contributed by atoms with Crippen molar-refractivity contribution in [1.82, 2.24) is 15.1 Å². The van der Waals surface area contributed by atoms with Crippen molar-refractivity contribution >= 4 is 35.1 Å². The van der Waals surface area contributed by atoms with Crippen LogP contribution in [0.15, 0.2) is 36.4 Å². The Balaban J connectivity index is 1.00. The highest BCUT2D eigenvalue weighted by atomic mass is 19.1. The van der Waals surface area contributed by atoms with Crippen LogP contribution in [0.3, 0.4) is 0 Å². The van der Waals surface area contributed by atoms with Crippen LogP contribution in [0.2, 0.25) is 0 Å². The Bertz CT molecular complexity index is 1510. The molecule has 3 fully saturated rings. The van der Waals surface area contributed by atoms with E-state index in [-0.39, 0.29) is 29.9 Å². The Kier molecular flexibility index (Phi) is 8.77. The predicted molar refractivity (Wildman–Crippen MR) is 169 cm³/mol. The van der Waals surface area contributed by atoms with Crippen LogP contribution in [-0.4, -0.2) is 96.1 Å². The number of aliphatic hydroxyl groups excluding tert-OH is 1. The molecule has 2 atom stereocenters. The van der Waals surface area contributed by atoms with E-state index in [1.165, 1.54) is 6.07 Å². The van der Waals surface area contributed by atoms with E-state index in [0.29, 0.717) is 30.3 Å². The highest BCUT2D eigenvalue weighted by molar-refractivity contribution is 6.06. The predicted octanol–water partition coefficient (Wildman–Crippen LogP) is 3.07. The largest absolute Gasteiger partial charge is 0.456 e. The topological polar surface area (TPSA) is 123 Å². The average molecular weight is 636 g/mol. The van der Waals surface area contributed by atoms with Crippen LogP contribution in [-0.2, 0) is 14.3 Å². The van der Waals surface area contributed by atoms with Gasteiger partial charge in [-0.2, -0.15) is 0 Å². The molecule has 12 heteroatoms. The third kappa shape index (κ3) is 6.59. The average Bonchev–Trinajstić information content (AvgIpc) is 3.25. The number of anilines is 2. The molecule has 0 bridgehead atoms. The number of hydrogen-bond donors (Lipinski definition) is 2. The number of benzene rings is 2. The first-order valence-corrected chi connectivity index (χ1v) is 16.1. The van der Waals surface area contributed by atoms with Crippen molar-refractivity contribution in [3.8, 4) is 0 Å². The molecule has 0 spiro atoms. The Hall–Kier alpha value is -4.03. The summed E-state index contributed by atoms with van der Waals surface area (Å²) in [6.07, 6.45) is 0.588. The number of piperidine rings is 2. The molecular weight excluding hydrogens is 593 g/mol. The number of rotatable bonds is 6. The first-order chi connectivity index (χ1) is 21.9. The number of hydrogen-bond acceptors (Lipinski definition) is 9. The molecule has 6 rings (SSSR count). The zero-order valence-electron chi connectivity index (χ0n) is 26.6. The van der Waals surface area contributed by atoms with E-state index in [1.54, 1.807) is 6.07 Å². The Morgan fingerprint density at radius 1 is 0.957 bits per heavy atom. The van der Waals surface area contributed by atoms with E-state index in [9.17, 15) is 24.3 Å². The minimum absolute atomic E-state index is 0.0477. The lowest BCUT2D eigenvalue weighted by atomic mass is 9.95. The van der Waals surface area contributed by atoms with Crippen molar-refractivity contribution in [1.29, 1.82) is 0 Å². The van der Waals surface area contributed by atoms with Crippen molar-refractivity contribution in [3.05, 3.63) is 58.9 Å². The summed E-state index contributed by atoms with van der Waals surface area (Å²) in [5, 5.41) is 13.2. The Morgan fingerprint density at radius 2 is 1.63 bits per heavy atom. The number of nitrogens with one attached hydrogen (secondary N) is 1. The molecule has 2 unspecified atom stereocenters. The maximum atomic E-state index is 15.3. The van der Waals surface area contributed by atoms with E-state index in [1.807, 2.05) is 49.9 Å². The van der Waals surface area contributed by atoms with Gasteiger partial charge in [-0.25, -0.2) is 9.18 Å². The van der Waals surface area contributed by atoms with E-state index in [0.717, 1.165) is 56.2 Å². The molecule has 2 N–H and O–H groups in total. The summed E-state index contributed by atoms with van der Waals surface area (Å²) in [7, 11) is 0. The number of carbonyl (C=O) groups excluding carboxylic acids is 4. The van der Waals surface area contributed by atoms with Crippen molar-refractivity contribution in [2.24, 2.45) is 5.92 Å². The van der Waals surface area contributed by atoms with Gasteiger partial charge in [-0.3, -0.25) is 29.5 Å². The second-order valence-corrected chi connectivity index (χ2v) is 13.7. The number of piperazine rings is 1. The third-order valence-electron chi connectivity index (χ3n) is 9.38. The lowest BCUT2D eigenvalue weighted by molar-refractivity contribution is -0.139. The molecule has 246 valence electrons. The van der Waals surface area contributed by atoms with Gasteiger partial charge in [0.2, 0.25) is 11.8 Å². The van der Waals surface area contributed by atoms with Gasteiger partial charge >= 0.3 is 5.97 Å². The minimum Gasteiger partial charge on any atom is -0.456 e. The molecule has 2 aromatic carbocycles. The smallest absolute Gasteiger partial charge is 0.338 e. The molecule has 3 saturated heterocycles. The van der Waals surface area contributed by atoms with Gasteiger partial charge in [-0.1, -0.05) is 0 Å². The number of aliphatic hydroxyl groups is 1. The molecule has 0 saturated carbocycles. The molecule has 11 nitrogen and oxygen atoms in total. The fourth-order valence-corrected chi connectivity index (χ4v) is 6.93. The van der Waals surface area contributed by atoms with Gasteiger partial charge in [0, 0.05) is 63.5 Å². The molecule has 46 heavy (non-hydrogen) atoms. The summed E-state index contributed by atoms with van der Waals surface area (Å²) in [4.78, 5) is 57.2. The van der Waals surface area contributed by atoms with E-state index in [4.69, 9.17) is 4.74 Å². The maximum Gasteiger partial charge on any atom is 0.338 e. The number of nitrogens with zero attached hydrogens (tertiary/aromatic N) is 4. The number of halogens is 1. The van der Waals surface area contributed by atoms with Gasteiger partial charge < -0.3 is 19.6 Å². The van der Waals surface area contributed by atoms with Crippen LogP contribution < -0.4 is 15.1 Å².